The molecular formula is C10H14FO2P. The van der Waals surface area contributed by atoms with Crippen molar-refractivity contribution in [3.05, 3.63) is 30.3 Å². The summed E-state index contributed by atoms with van der Waals surface area (Å²) >= 11 is 0. The number of hydrogen-bond donors (Lipinski definition) is 0. The normalized spacial score (nSPS) is 12.4. The highest BCUT2D eigenvalue weighted by Gasteiger charge is 2.10. The van der Waals surface area contributed by atoms with Crippen LogP contribution in [0.15, 0.2) is 30.3 Å². The second-order valence-corrected chi connectivity index (χ2v) is 3.67. The van der Waals surface area contributed by atoms with Crippen LogP contribution < -0.4 is 4.52 Å². The Balaban J connectivity index is 2.23. The van der Waals surface area contributed by atoms with Gasteiger partial charge in [-0.2, -0.15) is 0 Å². The van der Waals surface area contributed by atoms with Crippen LogP contribution in [0.25, 0.3) is 0 Å². The zero-order valence-electron chi connectivity index (χ0n) is 8.15. The van der Waals surface area contributed by atoms with Crippen LogP contribution >= 0.6 is 8.69 Å². The van der Waals surface area contributed by atoms with Crippen molar-refractivity contribution in [3.8, 4) is 5.75 Å². The number of rotatable bonds is 6. The summed E-state index contributed by atoms with van der Waals surface area (Å²) in [7, 11) is -2.27. The van der Waals surface area contributed by atoms with Crippen molar-refractivity contribution >= 4 is 8.69 Å². The molecule has 0 bridgehead atoms. The first-order valence-electron chi connectivity index (χ1n) is 4.64. The first-order chi connectivity index (χ1) is 6.83. The van der Waals surface area contributed by atoms with E-state index in [-0.39, 0.29) is 0 Å². The Hall–Kier alpha value is -0.660. The number of unbranched alkanes of at least 4 members (excludes halogenated alkanes) is 1. The molecule has 1 aromatic rings. The van der Waals surface area contributed by atoms with Gasteiger partial charge in [0, 0.05) is 0 Å². The molecule has 0 aliphatic heterocycles. The van der Waals surface area contributed by atoms with E-state index in [4.69, 9.17) is 9.05 Å². The monoisotopic (exact) mass is 216 g/mol. The molecule has 0 saturated heterocycles. The van der Waals surface area contributed by atoms with Crippen molar-refractivity contribution in [2.45, 2.75) is 19.8 Å². The minimum absolute atomic E-state index is 0.422. The molecule has 0 amide bonds. The highest BCUT2D eigenvalue weighted by atomic mass is 31.2. The van der Waals surface area contributed by atoms with Gasteiger partial charge in [0.1, 0.15) is 5.75 Å². The SMILES string of the molecule is CCCCOP(F)Oc1ccccc1. The van der Waals surface area contributed by atoms with Gasteiger partial charge in [-0.25, -0.2) is 0 Å². The molecule has 1 atom stereocenters. The summed E-state index contributed by atoms with van der Waals surface area (Å²) < 4.78 is 22.8. The lowest BCUT2D eigenvalue weighted by Gasteiger charge is -2.08. The van der Waals surface area contributed by atoms with Crippen LogP contribution in [0.2, 0.25) is 0 Å². The van der Waals surface area contributed by atoms with Gasteiger partial charge in [0.2, 0.25) is 0 Å². The Labute approximate surface area is 85.1 Å². The van der Waals surface area contributed by atoms with Gasteiger partial charge in [0.15, 0.2) is 0 Å². The second kappa shape index (κ2) is 6.74. The zero-order chi connectivity index (χ0) is 10.2. The average Bonchev–Trinajstić information content (AvgIpc) is 2.20. The summed E-state index contributed by atoms with van der Waals surface area (Å²) in [6.07, 6.45) is 1.86. The van der Waals surface area contributed by atoms with Gasteiger partial charge in [-0.1, -0.05) is 31.5 Å². The summed E-state index contributed by atoms with van der Waals surface area (Å²) in [5.74, 6) is 0.512. The van der Waals surface area contributed by atoms with Crippen LogP contribution in [-0.4, -0.2) is 6.61 Å². The molecular weight excluding hydrogens is 202 g/mol. The van der Waals surface area contributed by atoms with Gasteiger partial charge in [0.05, 0.1) is 6.61 Å². The first-order valence-corrected chi connectivity index (χ1v) is 5.71. The van der Waals surface area contributed by atoms with E-state index in [1.54, 1.807) is 24.3 Å². The minimum Gasteiger partial charge on any atom is -0.424 e. The number of para-hydroxylation sites is 1. The molecule has 1 aromatic carbocycles. The van der Waals surface area contributed by atoms with Crippen LogP contribution in [0, 0.1) is 0 Å². The molecule has 0 saturated carbocycles. The third kappa shape index (κ3) is 4.54. The van der Waals surface area contributed by atoms with Crippen LogP contribution in [0.1, 0.15) is 19.8 Å². The smallest absolute Gasteiger partial charge is 0.424 e. The van der Waals surface area contributed by atoms with Crippen molar-refractivity contribution in [1.82, 2.24) is 0 Å². The van der Waals surface area contributed by atoms with E-state index in [0.29, 0.717) is 12.4 Å². The Morgan fingerprint density at radius 3 is 2.64 bits per heavy atom. The second-order valence-electron chi connectivity index (χ2n) is 2.80. The van der Waals surface area contributed by atoms with E-state index in [1.807, 2.05) is 13.0 Å². The van der Waals surface area contributed by atoms with Crippen molar-refractivity contribution in [3.63, 3.8) is 0 Å². The summed E-state index contributed by atoms with van der Waals surface area (Å²) in [5, 5.41) is 0. The lowest BCUT2D eigenvalue weighted by atomic mass is 10.3. The van der Waals surface area contributed by atoms with Gasteiger partial charge in [0.25, 0.3) is 0 Å². The van der Waals surface area contributed by atoms with E-state index in [2.05, 4.69) is 0 Å². The molecule has 1 rings (SSSR count). The first kappa shape index (κ1) is 11.4. The molecule has 2 nitrogen and oxygen atoms in total. The fourth-order valence-electron chi connectivity index (χ4n) is 0.871. The minimum atomic E-state index is -2.27. The molecule has 14 heavy (non-hydrogen) atoms. The van der Waals surface area contributed by atoms with Gasteiger partial charge >= 0.3 is 8.69 Å². The van der Waals surface area contributed by atoms with Crippen LogP contribution in [0.4, 0.5) is 4.20 Å². The average molecular weight is 216 g/mol. The van der Waals surface area contributed by atoms with Crippen LogP contribution in [-0.2, 0) is 4.52 Å². The predicted octanol–water partition coefficient (Wildman–Crippen LogP) is 4.08. The zero-order valence-corrected chi connectivity index (χ0v) is 9.04. The van der Waals surface area contributed by atoms with Gasteiger partial charge in [-0.3, -0.25) is 4.52 Å². The molecule has 0 aromatic heterocycles. The van der Waals surface area contributed by atoms with Crippen LogP contribution in [0.5, 0.6) is 5.75 Å². The number of benzene rings is 1. The fraction of sp³-hybridized carbons (Fsp3) is 0.400. The molecule has 0 radical (unpaired) electrons. The molecule has 78 valence electrons. The van der Waals surface area contributed by atoms with E-state index in [9.17, 15) is 4.20 Å². The third-order valence-corrected chi connectivity index (χ3v) is 2.35. The van der Waals surface area contributed by atoms with Crippen LogP contribution in [0.3, 0.4) is 0 Å². The number of hydrogen-bond acceptors (Lipinski definition) is 2. The molecule has 0 aliphatic rings. The Morgan fingerprint density at radius 2 is 2.00 bits per heavy atom. The summed E-state index contributed by atoms with van der Waals surface area (Å²) in [5.41, 5.74) is 0. The lowest BCUT2D eigenvalue weighted by molar-refractivity contribution is 0.281. The van der Waals surface area contributed by atoms with E-state index >= 15 is 0 Å². The molecule has 0 aliphatic carbocycles. The molecule has 0 fully saturated rings. The molecule has 1 unspecified atom stereocenters. The molecule has 0 spiro atoms. The quantitative estimate of drug-likeness (QED) is 0.527. The Kier molecular flexibility index (Phi) is 5.50. The van der Waals surface area contributed by atoms with Crippen molar-refractivity contribution in [1.29, 1.82) is 0 Å². The van der Waals surface area contributed by atoms with Crippen molar-refractivity contribution < 1.29 is 13.2 Å². The fourth-order valence-corrected chi connectivity index (χ4v) is 1.48. The predicted molar refractivity (Wildman–Crippen MR) is 56.0 cm³/mol. The topological polar surface area (TPSA) is 18.5 Å². The highest BCUT2D eigenvalue weighted by Crippen LogP contribution is 2.40. The number of halogens is 1. The van der Waals surface area contributed by atoms with E-state index in [0.717, 1.165) is 12.8 Å². The third-order valence-electron chi connectivity index (χ3n) is 1.61. The molecule has 0 N–H and O–H groups in total. The van der Waals surface area contributed by atoms with E-state index in [1.165, 1.54) is 0 Å². The van der Waals surface area contributed by atoms with Gasteiger partial charge < -0.3 is 4.52 Å². The highest BCUT2D eigenvalue weighted by molar-refractivity contribution is 7.41. The summed E-state index contributed by atoms with van der Waals surface area (Å²) in [6, 6.07) is 8.86. The lowest BCUT2D eigenvalue weighted by Crippen LogP contribution is -1.91. The Morgan fingerprint density at radius 1 is 1.29 bits per heavy atom. The molecule has 0 heterocycles. The van der Waals surface area contributed by atoms with Crippen molar-refractivity contribution in [2.24, 2.45) is 0 Å². The van der Waals surface area contributed by atoms with Crippen molar-refractivity contribution in [2.75, 3.05) is 6.61 Å². The maximum Gasteiger partial charge on any atom is 0.439 e. The van der Waals surface area contributed by atoms with Gasteiger partial charge in [-0.05, 0) is 18.6 Å². The standard InChI is InChI=1S/C10H14FO2P/c1-2-3-9-12-14(11)13-10-7-5-4-6-8-10/h4-8H,2-3,9H2,1H3. The summed E-state index contributed by atoms with van der Waals surface area (Å²) in [6.45, 7) is 2.45. The largest absolute Gasteiger partial charge is 0.439 e. The maximum atomic E-state index is 13.0. The summed E-state index contributed by atoms with van der Waals surface area (Å²) in [4.78, 5) is 0. The van der Waals surface area contributed by atoms with E-state index < -0.39 is 8.69 Å². The maximum absolute atomic E-state index is 13.0. The molecule has 4 heteroatoms. The Bertz CT molecular complexity index is 243. The van der Waals surface area contributed by atoms with Gasteiger partial charge in [-0.15, -0.1) is 4.20 Å².